The van der Waals surface area contributed by atoms with Crippen LogP contribution in [0.3, 0.4) is 0 Å². The molecule has 5 heteroatoms. The Kier molecular flexibility index (Phi) is 4.81. The second kappa shape index (κ2) is 6.82. The van der Waals surface area contributed by atoms with Crippen LogP contribution in [0.2, 0.25) is 0 Å². The lowest BCUT2D eigenvalue weighted by Gasteiger charge is -2.26. The molecule has 3 rings (SSSR count). The van der Waals surface area contributed by atoms with Crippen molar-refractivity contribution in [3.05, 3.63) is 18.0 Å². The summed E-state index contributed by atoms with van der Waals surface area (Å²) in [6.45, 7) is 6.52. The summed E-state index contributed by atoms with van der Waals surface area (Å²) in [5, 5.41) is 4.43. The third-order valence-corrected chi connectivity index (χ3v) is 4.90. The smallest absolute Gasteiger partial charge is 0.272 e. The molecular weight excluding hydrogens is 278 g/mol. The number of carbonyl (C=O) groups is 1. The van der Waals surface area contributed by atoms with Gasteiger partial charge in [-0.15, -0.1) is 0 Å². The number of nitrogens with zero attached hydrogens (tertiary/aromatic N) is 3. The lowest BCUT2D eigenvalue weighted by Crippen LogP contribution is -2.39. The minimum absolute atomic E-state index is 0.112. The molecule has 5 nitrogen and oxygen atoms in total. The summed E-state index contributed by atoms with van der Waals surface area (Å²) in [6, 6.07) is 2.27. The topological polar surface area (TPSA) is 47.4 Å². The number of hydrogen-bond donors (Lipinski definition) is 0. The van der Waals surface area contributed by atoms with Crippen LogP contribution in [0.5, 0.6) is 0 Å². The van der Waals surface area contributed by atoms with E-state index in [0.717, 1.165) is 38.1 Å². The van der Waals surface area contributed by atoms with Crippen LogP contribution in [0.1, 0.15) is 62.5 Å². The summed E-state index contributed by atoms with van der Waals surface area (Å²) in [5.74, 6) is 0.536. The summed E-state index contributed by atoms with van der Waals surface area (Å²) in [4.78, 5) is 14.9. The van der Waals surface area contributed by atoms with Crippen LogP contribution in [0.25, 0.3) is 0 Å². The SMILES string of the molecule is CC(C)C1CN(C(=O)c2ccnn2C2CCCC2)CCCO1. The molecule has 0 spiro atoms. The standard InChI is InChI=1S/C17H27N3O2/c1-13(2)16-12-19(10-5-11-22-16)17(21)15-8-9-18-20(15)14-6-3-4-7-14/h8-9,13-14,16H,3-7,10-12H2,1-2H3. The van der Waals surface area contributed by atoms with Gasteiger partial charge in [0, 0.05) is 25.9 Å². The second-order valence-electron chi connectivity index (χ2n) is 6.86. The maximum Gasteiger partial charge on any atom is 0.272 e. The van der Waals surface area contributed by atoms with E-state index in [4.69, 9.17) is 4.74 Å². The third kappa shape index (κ3) is 3.19. The molecule has 2 heterocycles. The van der Waals surface area contributed by atoms with Crippen molar-refractivity contribution in [1.29, 1.82) is 0 Å². The van der Waals surface area contributed by atoms with Gasteiger partial charge >= 0.3 is 0 Å². The molecule has 0 aromatic carbocycles. The molecule has 0 radical (unpaired) electrons. The molecule has 1 aromatic heterocycles. The molecule has 1 unspecified atom stereocenters. The van der Waals surface area contributed by atoms with Crippen molar-refractivity contribution in [2.45, 2.75) is 58.1 Å². The molecule has 1 saturated heterocycles. The van der Waals surface area contributed by atoms with Crippen molar-refractivity contribution in [2.75, 3.05) is 19.7 Å². The van der Waals surface area contributed by atoms with Crippen LogP contribution in [0.4, 0.5) is 0 Å². The van der Waals surface area contributed by atoms with Crippen LogP contribution in [0, 0.1) is 5.92 Å². The third-order valence-electron chi connectivity index (χ3n) is 4.90. The van der Waals surface area contributed by atoms with Gasteiger partial charge < -0.3 is 9.64 Å². The highest BCUT2D eigenvalue weighted by Crippen LogP contribution is 2.30. The number of amides is 1. The highest BCUT2D eigenvalue weighted by molar-refractivity contribution is 5.92. The fourth-order valence-corrected chi connectivity index (χ4v) is 3.52. The van der Waals surface area contributed by atoms with Crippen LogP contribution >= 0.6 is 0 Å². The van der Waals surface area contributed by atoms with Gasteiger partial charge in [-0.05, 0) is 31.2 Å². The Morgan fingerprint density at radius 3 is 2.82 bits per heavy atom. The summed E-state index contributed by atoms with van der Waals surface area (Å²) in [7, 11) is 0. The first kappa shape index (κ1) is 15.5. The molecule has 1 saturated carbocycles. The zero-order valence-corrected chi connectivity index (χ0v) is 13.7. The van der Waals surface area contributed by atoms with Crippen LogP contribution < -0.4 is 0 Å². The van der Waals surface area contributed by atoms with Gasteiger partial charge in [0.25, 0.3) is 5.91 Å². The Morgan fingerprint density at radius 2 is 2.09 bits per heavy atom. The molecule has 1 aromatic rings. The summed E-state index contributed by atoms with van der Waals surface area (Å²) < 4.78 is 7.84. The fourth-order valence-electron chi connectivity index (χ4n) is 3.52. The fraction of sp³-hybridized carbons (Fsp3) is 0.765. The van der Waals surface area contributed by atoms with E-state index < -0.39 is 0 Å². The Balaban J connectivity index is 1.76. The van der Waals surface area contributed by atoms with Gasteiger partial charge in [-0.25, -0.2) is 0 Å². The normalized spacial score (nSPS) is 24.0. The van der Waals surface area contributed by atoms with Gasteiger partial charge in [0.2, 0.25) is 0 Å². The lowest BCUT2D eigenvalue weighted by atomic mass is 10.1. The van der Waals surface area contributed by atoms with Gasteiger partial charge in [-0.2, -0.15) is 5.10 Å². The van der Waals surface area contributed by atoms with Crippen LogP contribution in [0.15, 0.2) is 12.3 Å². The van der Waals surface area contributed by atoms with E-state index >= 15 is 0 Å². The molecule has 2 fully saturated rings. The van der Waals surface area contributed by atoms with E-state index in [1.54, 1.807) is 6.20 Å². The van der Waals surface area contributed by atoms with Crippen molar-refractivity contribution >= 4 is 5.91 Å². The predicted molar refractivity (Wildman–Crippen MR) is 84.8 cm³/mol. The van der Waals surface area contributed by atoms with Crippen molar-refractivity contribution in [3.63, 3.8) is 0 Å². The largest absolute Gasteiger partial charge is 0.376 e. The number of aromatic nitrogens is 2. The van der Waals surface area contributed by atoms with Crippen molar-refractivity contribution < 1.29 is 9.53 Å². The molecule has 1 atom stereocenters. The van der Waals surface area contributed by atoms with Gasteiger partial charge in [0.15, 0.2) is 0 Å². The number of carbonyl (C=O) groups excluding carboxylic acids is 1. The minimum Gasteiger partial charge on any atom is -0.376 e. The van der Waals surface area contributed by atoms with Crippen LogP contribution in [-0.4, -0.2) is 46.4 Å². The first-order valence-electron chi connectivity index (χ1n) is 8.61. The minimum atomic E-state index is 0.112. The summed E-state index contributed by atoms with van der Waals surface area (Å²) in [5.41, 5.74) is 0.747. The van der Waals surface area contributed by atoms with Gasteiger partial charge in [0.1, 0.15) is 5.69 Å². The van der Waals surface area contributed by atoms with Crippen molar-refractivity contribution in [1.82, 2.24) is 14.7 Å². The van der Waals surface area contributed by atoms with Crippen LogP contribution in [-0.2, 0) is 4.74 Å². The number of ether oxygens (including phenoxy) is 1. The van der Waals surface area contributed by atoms with E-state index in [-0.39, 0.29) is 12.0 Å². The maximum atomic E-state index is 13.0. The van der Waals surface area contributed by atoms with Crippen molar-refractivity contribution in [2.24, 2.45) is 5.92 Å². The van der Waals surface area contributed by atoms with E-state index in [2.05, 4.69) is 18.9 Å². The second-order valence-corrected chi connectivity index (χ2v) is 6.86. The molecule has 0 bridgehead atoms. The van der Waals surface area contributed by atoms with E-state index in [0.29, 0.717) is 18.5 Å². The zero-order valence-electron chi connectivity index (χ0n) is 13.7. The van der Waals surface area contributed by atoms with Gasteiger partial charge in [-0.1, -0.05) is 26.7 Å². The molecule has 1 amide bonds. The average Bonchev–Trinajstić information content (AvgIpc) is 3.12. The summed E-state index contributed by atoms with van der Waals surface area (Å²) in [6.07, 6.45) is 7.57. The van der Waals surface area contributed by atoms with E-state index in [1.165, 1.54) is 12.8 Å². The Morgan fingerprint density at radius 1 is 1.32 bits per heavy atom. The predicted octanol–water partition coefficient (Wildman–Crippen LogP) is 2.89. The molecule has 1 aliphatic heterocycles. The van der Waals surface area contributed by atoms with Crippen molar-refractivity contribution in [3.8, 4) is 0 Å². The Bertz CT molecular complexity index is 506. The molecule has 122 valence electrons. The molecular formula is C17H27N3O2. The maximum absolute atomic E-state index is 13.0. The Labute approximate surface area is 132 Å². The molecule has 0 N–H and O–H groups in total. The zero-order chi connectivity index (χ0) is 15.5. The number of rotatable bonds is 3. The first-order chi connectivity index (χ1) is 10.7. The molecule has 22 heavy (non-hydrogen) atoms. The van der Waals surface area contributed by atoms with E-state index in [1.807, 2.05) is 15.6 Å². The monoisotopic (exact) mass is 305 g/mol. The molecule has 2 aliphatic rings. The first-order valence-corrected chi connectivity index (χ1v) is 8.61. The number of hydrogen-bond acceptors (Lipinski definition) is 3. The van der Waals surface area contributed by atoms with E-state index in [9.17, 15) is 4.79 Å². The quantitative estimate of drug-likeness (QED) is 0.862. The molecule has 1 aliphatic carbocycles. The van der Waals surface area contributed by atoms with Gasteiger partial charge in [0.05, 0.1) is 12.1 Å². The Hall–Kier alpha value is -1.36. The highest BCUT2D eigenvalue weighted by Gasteiger charge is 2.29. The average molecular weight is 305 g/mol. The lowest BCUT2D eigenvalue weighted by molar-refractivity contribution is 0.0219. The highest BCUT2D eigenvalue weighted by atomic mass is 16.5. The summed E-state index contributed by atoms with van der Waals surface area (Å²) >= 11 is 0. The van der Waals surface area contributed by atoms with Gasteiger partial charge in [-0.3, -0.25) is 9.48 Å².